The third-order valence-electron chi connectivity index (χ3n) is 3.65. The van der Waals surface area contributed by atoms with Crippen molar-refractivity contribution in [3.8, 4) is 0 Å². The molecule has 3 heterocycles. The molecule has 18 heavy (non-hydrogen) atoms. The maximum Gasteiger partial charge on any atom is 0.219 e. The summed E-state index contributed by atoms with van der Waals surface area (Å²) in [6, 6.07) is 3.99. The van der Waals surface area contributed by atoms with Crippen LogP contribution in [0.2, 0.25) is 0 Å². The lowest BCUT2D eigenvalue weighted by Gasteiger charge is -2.12. The second-order valence-corrected chi connectivity index (χ2v) is 4.83. The summed E-state index contributed by atoms with van der Waals surface area (Å²) in [6.07, 6.45) is 2.77. The van der Waals surface area contributed by atoms with Gasteiger partial charge in [-0.2, -0.15) is 5.10 Å². The van der Waals surface area contributed by atoms with Crippen LogP contribution in [0.25, 0.3) is 11.0 Å². The molecule has 2 aromatic rings. The van der Waals surface area contributed by atoms with Crippen molar-refractivity contribution in [2.75, 3.05) is 13.1 Å². The number of carbonyl (C=O) groups is 1. The van der Waals surface area contributed by atoms with E-state index in [0.717, 1.165) is 36.2 Å². The van der Waals surface area contributed by atoms with Gasteiger partial charge in [0.1, 0.15) is 0 Å². The maximum absolute atomic E-state index is 11.4. The number of aryl methyl sites for hydroxylation is 1. The molecule has 1 saturated heterocycles. The summed E-state index contributed by atoms with van der Waals surface area (Å²) in [7, 11) is 1.91. The monoisotopic (exact) mass is 244 g/mol. The van der Waals surface area contributed by atoms with Crippen LogP contribution in [0.5, 0.6) is 0 Å². The Hall–Kier alpha value is -1.91. The van der Waals surface area contributed by atoms with Crippen LogP contribution in [0.15, 0.2) is 18.3 Å². The molecule has 3 rings (SSSR count). The summed E-state index contributed by atoms with van der Waals surface area (Å²) in [5, 5.41) is 5.69. The Labute approximate surface area is 105 Å². The molecule has 1 fully saturated rings. The first-order chi connectivity index (χ1) is 8.66. The summed E-state index contributed by atoms with van der Waals surface area (Å²) in [5.41, 5.74) is 1.98. The number of hydrogen-bond donors (Lipinski definition) is 0. The van der Waals surface area contributed by atoms with Crippen molar-refractivity contribution in [1.82, 2.24) is 19.7 Å². The second-order valence-electron chi connectivity index (χ2n) is 4.83. The predicted molar refractivity (Wildman–Crippen MR) is 68.1 cm³/mol. The minimum absolute atomic E-state index is 0.149. The van der Waals surface area contributed by atoms with E-state index in [4.69, 9.17) is 0 Å². The topological polar surface area (TPSA) is 51.0 Å². The number of pyridine rings is 1. The summed E-state index contributed by atoms with van der Waals surface area (Å²) in [4.78, 5) is 17.6. The van der Waals surface area contributed by atoms with Gasteiger partial charge in [-0.1, -0.05) is 0 Å². The summed E-state index contributed by atoms with van der Waals surface area (Å²) in [5.74, 6) is 0.484. The molecule has 0 radical (unpaired) electrons. The SMILES string of the molecule is CC(=O)N1CC[C@H](c2nn(C)c3ncccc23)C1. The molecular weight excluding hydrogens is 228 g/mol. The average molecular weight is 244 g/mol. The molecule has 0 N–H and O–H groups in total. The van der Waals surface area contributed by atoms with Crippen LogP contribution in [0.1, 0.15) is 25.0 Å². The minimum Gasteiger partial charge on any atom is -0.342 e. The van der Waals surface area contributed by atoms with Gasteiger partial charge in [0, 0.05) is 44.6 Å². The fourth-order valence-corrected chi connectivity index (χ4v) is 2.69. The van der Waals surface area contributed by atoms with Gasteiger partial charge in [0.05, 0.1) is 5.69 Å². The molecule has 0 unspecified atom stereocenters. The molecule has 0 aromatic carbocycles. The van der Waals surface area contributed by atoms with E-state index < -0.39 is 0 Å². The fourth-order valence-electron chi connectivity index (χ4n) is 2.69. The van der Waals surface area contributed by atoms with Gasteiger partial charge < -0.3 is 4.90 Å². The van der Waals surface area contributed by atoms with Gasteiger partial charge in [0.15, 0.2) is 5.65 Å². The number of carbonyl (C=O) groups excluding carboxylic acids is 1. The van der Waals surface area contributed by atoms with Crippen LogP contribution in [-0.4, -0.2) is 38.7 Å². The molecule has 5 nitrogen and oxygen atoms in total. The number of fused-ring (bicyclic) bond motifs is 1. The van der Waals surface area contributed by atoms with Crippen molar-refractivity contribution in [2.45, 2.75) is 19.3 Å². The Morgan fingerprint density at radius 3 is 3.06 bits per heavy atom. The van der Waals surface area contributed by atoms with E-state index in [9.17, 15) is 4.79 Å². The molecule has 1 amide bonds. The largest absolute Gasteiger partial charge is 0.342 e. The minimum atomic E-state index is 0.149. The normalized spacial score (nSPS) is 19.7. The number of amides is 1. The molecule has 0 aliphatic carbocycles. The van der Waals surface area contributed by atoms with Crippen LogP contribution in [0, 0.1) is 0 Å². The summed E-state index contributed by atoms with van der Waals surface area (Å²) >= 11 is 0. The highest BCUT2D eigenvalue weighted by Crippen LogP contribution is 2.30. The van der Waals surface area contributed by atoms with E-state index in [1.165, 1.54) is 0 Å². The molecule has 1 aliphatic heterocycles. The van der Waals surface area contributed by atoms with Gasteiger partial charge in [-0.15, -0.1) is 0 Å². The standard InChI is InChI=1S/C13H16N4O/c1-9(18)17-7-5-10(8-17)12-11-4-3-6-14-13(11)16(2)15-12/h3-4,6,10H,5,7-8H2,1-2H3/t10-/m0/s1. The first-order valence-electron chi connectivity index (χ1n) is 6.20. The molecule has 2 aromatic heterocycles. The molecular formula is C13H16N4O. The molecule has 94 valence electrons. The zero-order chi connectivity index (χ0) is 12.7. The third kappa shape index (κ3) is 1.66. The smallest absolute Gasteiger partial charge is 0.219 e. The lowest BCUT2D eigenvalue weighted by atomic mass is 10.0. The summed E-state index contributed by atoms with van der Waals surface area (Å²) in [6.45, 7) is 3.23. The molecule has 0 spiro atoms. The zero-order valence-corrected chi connectivity index (χ0v) is 10.6. The van der Waals surface area contributed by atoms with Crippen LogP contribution in [-0.2, 0) is 11.8 Å². The highest BCUT2D eigenvalue weighted by atomic mass is 16.2. The molecule has 0 bridgehead atoms. The second kappa shape index (κ2) is 4.08. The van der Waals surface area contributed by atoms with E-state index in [0.29, 0.717) is 5.92 Å². The van der Waals surface area contributed by atoms with Gasteiger partial charge in [-0.05, 0) is 18.6 Å². The van der Waals surface area contributed by atoms with E-state index in [-0.39, 0.29) is 5.91 Å². The van der Waals surface area contributed by atoms with Gasteiger partial charge in [-0.25, -0.2) is 4.98 Å². The Balaban J connectivity index is 1.98. The van der Waals surface area contributed by atoms with Crippen molar-refractivity contribution in [2.24, 2.45) is 7.05 Å². The lowest BCUT2D eigenvalue weighted by Crippen LogP contribution is -2.25. The Morgan fingerprint density at radius 1 is 1.50 bits per heavy atom. The Bertz CT molecular complexity index is 604. The number of nitrogens with zero attached hydrogens (tertiary/aromatic N) is 4. The molecule has 0 saturated carbocycles. The Kier molecular flexibility index (Phi) is 2.54. The zero-order valence-electron chi connectivity index (χ0n) is 10.6. The molecule has 1 aliphatic rings. The highest BCUT2D eigenvalue weighted by molar-refractivity contribution is 5.79. The number of hydrogen-bond acceptors (Lipinski definition) is 3. The number of likely N-dealkylation sites (tertiary alicyclic amines) is 1. The predicted octanol–water partition coefficient (Wildman–Crippen LogP) is 1.30. The van der Waals surface area contributed by atoms with Crippen LogP contribution < -0.4 is 0 Å². The van der Waals surface area contributed by atoms with E-state index in [2.05, 4.69) is 16.1 Å². The van der Waals surface area contributed by atoms with Crippen molar-refractivity contribution in [1.29, 1.82) is 0 Å². The third-order valence-corrected chi connectivity index (χ3v) is 3.65. The highest BCUT2D eigenvalue weighted by Gasteiger charge is 2.28. The molecule has 5 heteroatoms. The van der Waals surface area contributed by atoms with Crippen LogP contribution in [0.3, 0.4) is 0 Å². The van der Waals surface area contributed by atoms with Gasteiger partial charge in [0.25, 0.3) is 0 Å². The van der Waals surface area contributed by atoms with Crippen LogP contribution >= 0.6 is 0 Å². The van der Waals surface area contributed by atoms with Crippen molar-refractivity contribution in [3.63, 3.8) is 0 Å². The quantitative estimate of drug-likeness (QED) is 0.760. The first kappa shape index (κ1) is 11.2. The number of rotatable bonds is 1. The summed E-state index contributed by atoms with van der Waals surface area (Å²) < 4.78 is 1.82. The van der Waals surface area contributed by atoms with E-state index in [1.54, 1.807) is 13.1 Å². The number of aromatic nitrogens is 3. The van der Waals surface area contributed by atoms with Gasteiger partial charge in [-0.3, -0.25) is 9.48 Å². The average Bonchev–Trinajstić information content (AvgIpc) is 2.95. The lowest BCUT2D eigenvalue weighted by molar-refractivity contribution is -0.127. The van der Waals surface area contributed by atoms with Gasteiger partial charge >= 0.3 is 0 Å². The van der Waals surface area contributed by atoms with Crippen molar-refractivity contribution >= 4 is 16.9 Å². The van der Waals surface area contributed by atoms with E-state index in [1.807, 2.05) is 22.7 Å². The first-order valence-corrected chi connectivity index (χ1v) is 6.20. The maximum atomic E-state index is 11.4. The fraction of sp³-hybridized carbons (Fsp3) is 0.462. The van der Waals surface area contributed by atoms with Crippen molar-refractivity contribution < 1.29 is 4.79 Å². The Morgan fingerprint density at radius 2 is 2.33 bits per heavy atom. The van der Waals surface area contributed by atoms with Crippen LogP contribution in [0.4, 0.5) is 0 Å². The molecule has 1 atom stereocenters. The van der Waals surface area contributed by atoms with Crippen molar-refractivity contribution in [3.05, 3.63) is 24.0 Å². The van der Waals surface area contributed by atoms with E-state index >= 15 is 0 Å². The van der Waals surface area contributed by atoms with Gasteiger partial charge in [0.2, 0.25) is 5.91 Å².